The maximum Gasteiger partial charge on any atom is 0.267 e. The number of para-hydroxylation sites is 1. The van der Waals surface area contributed by atoms with Gasteiger partial charge in [-0.25, -0.2) is 4.68 Å². The van der Waals surface area contributed by atoms with Gasteiger partial charge in [0.05, 0.1) is 5.69 Å². The summed E-state index contributed by atoms with van der Waals surface area (Å²) in [5, 5.41) is 4.31. The van der Waals surface area contributed by atoms with E-state index in [2.05, 4.69) is 10.1 Å². The Labute approximate surface area is 145 Å². The number of hydrogen-bond donors (Lipinski definition) is 0. The minimum absolute atomic E-state index is 0.115. The highest BCUT2D eigenvalue weighted by Gasteiger charge is 2.15. The summed E-state index contributed by atoms with van der Waals surface area (Å²) in [4.78, 5) is 30.4. The van der Waals surface area contributed by atoms with Crippen LogP contribution in [0.1, 0.15) is 6.92 Å². The van der Waals surface area contributed by atoms with Crippen LogP contribution in [0.3, 0.4) is 0 Å². The molecular formula is C19H18N4O2. The van der Waals surface area contributed by atoms with Crippen LogP contribution in [-0.2, 0) is 11.3 Å². The SMILES string of the molecule is CCN(C(=O)Cn1nc(-c2cccnc2)ccc1=O)c1ccccc1. The number of carbonyl (C=O) groups is 1. The highest BCUT2D eigenvalue weighted by atomic mass is 16.2. The number of carbonyl (C=O) groups excluding carboxylic acids is 1. The molecule has 126 valence electrons. The Balaban J connectivity index is 1.87. The molecule has 1 amide bonds. The molecule has 6 nitrogen and oxygen atoms in total. The van der Waals surface area contributed by atoms with Gasteiger partial charge < -0.3 is 4.90 Å². The second kappa shape index (κ2) is 7.53. The molecule has 0 spiro atoms. The van der Waals surface area contributed by atoms with E-state index in [4.69, 9.17) is 0 Å². The quantitative estimate of drug-likeness (QED) is 0.718. The summed E-state index contributed by atoms with van der Waals surface area (Å²) in [5.41, 5.74) is 1.87. The predicted molar refractivity (Wildman–Crippen MR) is 96.2 cm³/mol. The van der Waals surface area contributed by atoms with Gasteiger partial charge in [0.15, 0.2) is 0 Å². The zero-order valence-electron chi connectivity index (χ0n) is 13.9. The van der Waals surface area contributed by atoms with Crippen molar-refractivity contribution in [3.05, 3.63) is 77.3 Å². The zero-order chi connectivity index (χ0) is 17.6. The molecule has 25 heavy (non-hydrogen) atoms. The van der Waals surface area contributed by atoms with Gasteiger partial charge in [-0.15, -0.1) is 0 Å². The highest BCUT2D eigenvalue weighted by Crippen LogP contribution is 2.15. The third-order valence-corrected chi connectivity index (χ3v) is 3.79. The molecule has 0 unspecified atom stereocenters. The van der Waals surface area contributed by atoms with E-state index in [0.717, 1.165) is 11.3 Å². The van der Waals surface area contributed by atoms with E-state index in [1.54, 1.807) is 29.4 Å². The summed E-state index contributed by atoms with van der Waals surface area (Å²) in [6.45, 7) is 2.29. The van der Waals surface area contributed by atoms with Crippen molar-refractivity contribution >= 4 is 11.6 Å². The minimum atomic E-state index is -0.315. The fourth-order valence-corrected chi connectivity index (χ4v) is 2.55. The Kier molecular flexibility index (Phi) is 4.99. The van der Waals surface area contributed by atoms with Gasteiger partial charge in [0.2, 0.25) is 5.91 Å². The third-order valence-electron chi connectivity index (χ3n) is 3.79. The number of pyridine rings is 1. The molecule has 1 aromatic carbocycles. The van der Waals surface area contributed by atoms with Gasteiger partial charge in [-0.2, -0.15) is 5.10 Å². The molecular weight excluding hydrogens is 316 g/mol. The topological polar surface area (TPSA) is 68.1 Å². The van der Waals surface area contributed by atoms with Crippen LogP contribution in [0.2, 0.25) is 0 Å². The summed E-state index contributed by atoms with van der Waals surface area (Å²) >= 11 is 0. The monoisotopic (exact) mass is 334 g/mol. The largest absolute Gasteiger partial charge is 0.311 e. The number of hydrogen-bond acceptors (Lipinski definition) is 4. The third kappa shape index (κ3) is 3.80. The molecule has 0 aliphatic rings. The minimum Gasteiger partial charge on any atom is -0.311 e. The number of likely N-dealkylation sites (N-methyl/N-ethyl adjacent to an activating group) is 1. The van der Waals surface area contributed by atoms with Crippen LogP contribution < -0.4 is 10.5 Å². The molecule has 0 atom stereocenters. The second-order valence-electron chi connectivity index (χ2n) is 5.43. The Morgan fingerprint density at radius 3 is 2.56 bits per heavy atom. The van der Waals surface area contributed by atoms with Gasteiger partial charge in [0.25, 0.3) is 5.56 Å². The van der Waals surface area contributed by atoms with Gasteiger partial charge in [0, 0.05) is 36.3 Å². The summed E-state index contributed by atoms with van der Waals surface area (Å²) in [6, 6.07) is 16.1. The Hall–Kier alpha value is -3.28. The van der Waals surface area contributed by atoms with Crippen LogP contribution >= 0.6 is 0 Å². The van der Waals surface area contributed by atoms with Gasteiger partial charge in [0.1, 0.15) is 6.54 Å². The molecule has 0 bridgehead atoms. The molecule has 0 aliphatic heterocycles. The lowest BCUT2D eigenvalue weighted by Gasteiger charge is -2.21. The maximum absolute atomic E-state index is 12.7. The molecule has 3 rings (SSSR count). The fourth-order valence-electron chi connectivity index (χ4n) is 2.55. The van der Waals surface area contributed by atoms with E-state index in [0.29, 0.717) is 12.2 Å². The zero-order valence-corrected chi connectivity index (χ0v) is 13.9. The molecule has 0 aliphatic carbocycles. The van der Waals surface area contributed by atoms with E-state index >= 15 is 0 Å². The van der Waals surface area contributed by atoms with Gasteiger partial charge in [-0.1, -0.05) is 18.2 Å². The van der Waals surface area contributed by atoms with E-state index in [1.807, 2.05) is 43.3 Å². The summed E-state index contributed by atoms with van der Waals surface area (Å²) in [7, 11) is 0. The van der Waals surface area contributed by atoms with Crippen molar-refractivity contribution in [3.63, 3.8) is 0 Å². The lowest BCUT2D eigenvalue weighted by molar-refractivity contribution is -0.119. The predicted octanol–water partition coefficient (Wildman–Crippen LogP) is 2.36. The van der Waals surface area contributed by atoms with E-state index < -0.39 is 0 Å². The molecule has 2 aromatic heterocycles. The molecule has 6 heteroatoms. The first-order chi connectivity index (χ1) is 12.2. The first-order valence-electron chi connectivity index (χ1n) is 8.03. The fraction of sp³-hybridized carbons (Fsp3) is 0.158. The van der Waals surface area contributed by atoms with Crippen molar-refractivity contribution in [1.29, 1.82) is 0 Å². The van der Waals surface area contributed by atoms with Crippen LogP contribution in [0.5, 0.6) is 0 Å². The van der Waals surface area contributed by atoms with Crippen LogP contribution in [0.4, 0.5) is 5.69 Å². The van der Waals surface area contributed by atoms with Gasteiger partial charge in [-0.3, -0.25) is 14.6 Å². The smallest absolute Gasteiger partial charge is 0.267 e. The number of aromatic nitrogens is 3. The number of nitrogens with zero attached hydrogens (tertiary/aromatic N) is 4. The second-order valence-corrected chi connectivity index (χ2v) is 5.43. The van der Waals surface area contributed by atoms with Crippen LogP contribution in [0.15, 0.2) is 71.8 Å². The van der Waals surface area contributed by atoms with Gasteiger partial charge >= 0.3 is 0 Å². The lowest BCUT2D eigenvalue weighted by Crippen LogP contribution is -2.37. The molecule has 0 N–H and O–H groups in total. The molecule has 0 radical (unpaired) electrons. The molecule has 0 saturated carbocycles. The highest BCUT2D eigenvalue weighted by molar-refractivity contribution is 5.93. The van der Waals surface area contributed by atoms with Crippen LogP contribution in [0.25, 0.3) is 11.3 Å². The van der Waals surface area contributed by atoms with E-state index in [1.165, 1.54) is 10.7 Å². The Morgan fingerprint density at radius 2 is 1.88 bits per heavy atom. The van der Waals surface area contributed by atoms with Crippen molar-refractivity contribution in [2.45, 2.75) is 13.5 Å². The summed E-state index contributed by atoms with van der Waals surface area (Å²) in [6.07, 6.45) is 3.34. The average molecular weight is 334 g/mol. The first-order valence-corrected chi connectivity index (χ1v) is 8.03. The lowest BCUT2D eigenvalue weighted by atomic mass is 10.2. The van der Waals surface area contributed by atoms with Crippen molar-refractivity contribution in [1.82, 2.24) is 14.8 Å². The average Bonchev–Trinajstić information content (AvgIpc) is 2.66. The molecule has 0 fully saturated rings. The Bertz CT molecular complexity index is 907. The van der Waals surface area contributed by atoms with Crippen LogP contribution in [-0.4, -0.2) is 27.2 Å². The van der Waals surface area contributed by atoms with Crippen molar-refractivity contribution in [2.75, 3.05) is 11.4 Å². The number of benzene rings is 1. The van der Waals surface area contributed by atoms with E-state index in [-0.39, 0.29) is 18.0 Å². The van der Waals surface area contributed by atoms with Gasteiger partial charge in [-0.05, 0) is 37.3 Å². The molecule has 3 aromatic rings. The number of amides is 1. The van der Waals surface area contributed by atoms with Crippen molar-refractivity contribution in [2.24, 2.45) is 0 Å². The standard InChI is InChI=1S/C19H18N4O2/c1-2-22(16-8-4-3-5-9-16)19(25)14-23-18(24)11-10-17(21-23)15-7-6-12-20-13-15/h3-13H,2,14H2,1H3. The normalized spacial score (nSPS) is 10.4. The summed E-state index contributed by atoms with van der Waals surface area (Å²) < 4.78 is 1.19. The maximum atomic E-state index is 12.7. The van der Waals surface area contributed by atoms with Crippen molar-refractivity contribution < 1.29 is 4.79 Å². The Morgan fingerprint density at radius 1 is 1.08 bits per heavy atom. The summed E-state index contributed by atoms with van der Waals surface area (Å²) in [5.74, 6) is -0.188. The van der Waals surface area contributed by atoms with Crippen LogP contribution in [0, 0.1) is 0 Å². The first kappa shape index (κ1) is 16.6. The number of anilines is 1. The van der Waals surface area contributed by atoms with Crippen molar-refractivity contribution in [3.8, 4) is 11.3 Å². The number of rotatable bonds is 5. The molecule has 0 saturated heterocycles. The molecule has 2 heterocycles. The van der Waals surface area contributed by atoms with E-state index in [9.17, 15) is 9.59 Å².